The normalized spacial score (nSPS) is 17.8. The molecule has 2 atom stereocenters. The van der Waals surface area contributed by atoms with Gasteiger partial charge in [-0.2, -0.15) is 0 Å². The molecule has 1 aliphatic heterocycles. The van der Waals surface area contributed by atoms with Crippen molar-refractivity contribution in [2.45, 2.75) is 43.0 Å². The molecule has 0 bridgehead atoms. The van der Waals surface area contributed by atoms with E-state index >= 15 is 0 Å². The Morgan fingerprint density at radius 2 is 1.28 bits per heavy atom. The molecule has 0 aromatic heterocycles. The number of carbonyl (C=O) groups excluding carboxylic acids is 2. The average molecular weight is 534 g/mol. The van der Waals surface area contributed by atoms with Crippen LogP contribution >= 0.6 is 23.2 Å². The Balaban J connectivity index is 1.40. The molecule has 2 N–H and O–H groups in total. The largest absolute Gasteiger partial charge is 0.354 e. The van der Waals surface area contributed by atoms with Gasteiger partial charge in [0.25, 0.3) is 0 Å². The smallest absolute Gasteiger partial charge is 0.227 e. The number of piperazine rings is 1. The second-order valence-electron chi connectivity index (χ2n) is 9.25. The van der Waals surface area contributed by atoms with Gasteiger partial charge in [0.15, 0.2) is 4.46 Å². The minimum Gasteiger partial charge on any atom is -0.354 e. The first kappa shape index (κ1) is 28.5. The summed E-state index contributed by atoms with van der Waals surface area (Å²) < 4.78 is -1.05. The number of halogens is 2. The van der Waals surface area contributed by atoms with Gasteiger partial charge in [-0.3, -0.25) is 19.4 Å². The second-order valence-corrected chi connectivity index (χ2v) is 10.7. The summed E-state index contributed by atoms with van der Waals surface area (Å²) in [6, 6.07) is 19.7. The topological polar surface area (TPSA) is 64.7 Å². The van der Waals surface area contributed by atoms with Crippen molar-refractivity contribution in [2.24, 2.45) is 0 Å². The number of rotatable bonds is 12. The van der Waals surface area contributed by atoms with Crippen LogP contribution in [0.1, 0.15) is 49.7 Å². The average Bonchev–Trinajstić information content (AvgIpc) is 2.87. The van der Waals surface area contributed by atoms with Gasteiger partial charge in [0.2, 0.25) is 11.8 Å². The number of amides is 2. The first-order chi connectivity index (χ1) is 17.4. The number of hydrogen-bond acceptors (Lipinski definition) is 4. The highest BCUT2D eigenvalue weighted by Crippen LogP contribution is 2.30. The van der Waals surface area contributed by atoms with Gasteiger partial charge in [0.05, 0.1) is 11.8 Å². The minimum atomic E-state index is -1.05. The zero-order valence-corrected chi connectivity index (χ0v) is 22.8. The molecule has 0 radical (unpaired) electrons. The third-order valence-electron chi connectivity index (χ3n) is 6.82. The maximum absolute atomic E-state index is 12.7. The molecule has 1 aliphatic rings. The molecular weight excluding hydrogens is 495 g/mol. The highest BCUT2D eigenvalue weighted by atomic mass is 35.5. The molecule has 1 heterocycles. The van der Waals surface area contributed by atoms with E-state index in [1.165, 1.54) is 0 Å². The van der Waals surface area contributed by atoms with Gasteiger partial charge < -0.3 is 10.6 Å². The lowest BCUT2D eigenvalue weighted by atomic mass is 9.96. The molecule has 2 aromatic rings. The van der Waals surface area contributed by atoms with Crippen LogP contribution in [-0.2, 0) is 9.59 Å². The Morgan fingerprint density at radius 3 is 1.72 bits per heavy atom. The number of hydrogen-bond donors (Lipinski definition) is 2. The number of benzene rings is 2. The molecular formula is C28H38Cl2N4O2. The Bertz CT molecular complexity index is 959. The standard InChI is InChI=1S/C28H38Cl2N4O2/c1-3-24(22-11-7-5-8-12-22)26(35)31-15-17-33-19-20-34(28(29,30)21-33)18-16-32-27(36)25(4-2)23-13-9-6-10-14-23/h5-14,24-25H,3-4,15-21H2,1-2H3,(H,31,35)(H,32,36). The lowest BCUT2D eigenvalue weighted by Gasteiger charge is -2.43. The molecule has 2 unspecified atom stereocenters. The molecule has 1 fully saturated rings. The monoisotopic (exact) mass is 532 g/mol. The van der Waals surface area contributed by atoms with Crippen LogP contribution in [-0.4, -0.2) is 71.9 Å². The van der Waals surface area contributed by atoms with E-state index in [0.29, 0.717) is 39.3 Å². The van der Waals surface area contributed by atoms with Gasteiger partial charge in [-0.05, 0) is 24.0 Å². The van der Waals surface area contributed by atoms with Crippen LogP contribution in [0.4, 0.5) is 0 Å². The SMILES string of the molecule is CCC(C(=O)NCCN1CCN(CCNC(=O)C(CC)c2ccccc2)C(Cl)(Cl)C1)c1ccccc1. The Labute approximate surface area is 225 Å². The fourth-order valence-electron chi connectivity index (χ4n) is 4.75. The molecule has 0 spiro atoms. The maximum atomic E-state index is 12.7. The van der Waals surface area contributed by atoms with Crippen molar-refractivity contribution in [2.75, 3.05) is 45.8 Å². The van der Waals surface area contributed by atoms with Gasteiger partial charge in [0, 0.05) is 45.8 Å². The third kappa shape index (κ3) is 7.94. The van der Waals surface area contributed by atoms with Crippen molar-refractivity contribution in [1.29, 1.82) is 0 Å². The molecule has 8 heteroatoms. The van der Waals surface area contributed by atoms with Crippen molar-refractivity contribution in [3.8, 4) is 0 Å². The van der Waals surface area contributed by atoms with Gasteiger partial charge in [-0.15, -0.1) is 0 Å². The van der Waals surface area contributed by atoms with E-state index in [2.05, 4.69) is 15.5 Å². The molecule has 0 saturated carbocycles. The van der Waals surface area contributed by atoms with E-state index in [1.807, 2.05) is 79.4 Å². The van der Waals surface area contributed by atoms with Crippen molar-refractivity contribution < 1.29 is 9.59 Å². The van der Waals surface area contributed by atoms with E-state index in [4.69, 9.17) is 23.2 Å². The number of nitrogens with zero attached hydrogens (tertiary/aromatic N) is 2. The van der Waals surface area contributed by atoms with Crippen LogP contribution in [0, 0.1) is 0 Å². The maximum Gasteiger partial charge on any atom is 0.227 e. The van der Waals surface area contributed by atoms with E-state index in [1.54, 1.807) is 0 Å². The Kier molecular flexibility index (Phi) is 11.1. The summed E-state index contributed by atoms with van der Waals surface area (Å²) in [6.45, 7) is 8.27. The summed E-state index contributed by atoms with van der Waals surface area (Å²) in [7, 11) is 0. The van der Waals surface area contributed by atoms with Crippen molar-refractivity contribution in [3.05, 3.63) is 71.8 Å². The van der Waals surface area contributed by atoms with Crippen LogP contribution in [0.3, 0.4) is 0 Å². The van der Waals surface area contributed by atoms with Crippen LogP contribution in [0.25, 0.3) is 0 Å². The number of nitrogens with one attached hydrogen (secondary N) is 2. The number of carbonyl (C=O) groups is 2. The summed E-state index contributed by atoms with van der Waals surface area (Å²) in [6.07, 6.45) is 1.49. The highest BCUT2D eigenvalue weighted by Gasteiger charge is 2.38. The van der Waals surface area contributed by atoms with E-state index in [0.717, 1.165) is 30.5 Å². The second kappa shape index (κ2) is 14.0. The summed E-state index contributed by atoms with van der Waals surface area (Å²) in [5.74, 6) is -0.243. The summed E-state index contributed by atoms with van der Waals surface area (Å²) in [5, 5.41) is 6.11. The lowest BCUT2D eigenvalue weighted by molar-refractivity contribution is -0.123. The zero-order chi connectivity index (χ0) is 26.0. The fourth-order valence-corrected chi connectivity index (χ4v) is 5.43. The van der Waals surface area contributed by atoms with Gasteiger partial charge in [-0.25, -0.2) is 0 Å². The van der Waals surface area contributed by atoms with E-state index in [-0.39, 0.29) is 23.7 Å². The predicted octanol–water partition coefficient (Wildman–Crippen LogP) is 4.36. The van der Waals surface area contributed by atoms with Crippen LogP contribution in [0.15, 0.2) is 60.7 Å². The first-order valence-corrected chi connectivity index (χ1v) is 13.6. The predicted molar refractivity (Wildman–Crippen MR) is 147 cm³/mol. The molecule has 3 rings (SSSR count). The Hall–Kier alpha value is -2.12. The fraction of sp³-hybridized carbons (Fsp3) is 0.500. The molecule has 1 saturated heterocycles. The third-order valence-corrected chi connectivity index (χ3v) is 7.54. The van der Waals surface area contributed by atoms with E-state index < -0.39 is 4.46 Å². The lowest BCUT2D eigenvalue weighted by Crippen LogP contribution is -2.58. The molecule has 2 aromatic carbocycles. The summed E-state index contributed by atoms with van der Waals surface area (Å²) >= 11 is 13.4. The minimum absolute atomic E-state index is 0.0220. The van der Waals surface area contributed by atoms with Gasteiger partial charge in [-0.1, -0.05) is 97.7 Å². The van der Waals surface area contributed by atoms with Crippen molar-refractivity contribution in [1.82, 2.24) is 20.4 Å². The van der Waals surface area contributed by atoms with Crippen molar-refractivity contribution >= 4 is 35.0 Å². The van der Waals surface area contributed by atoms with Crippen LogP contribution < -0.4 is 10.6 Å². The zero-order valence-electron chi connectivity index (χ0n) is 21.3. The van der Waals surface area contributed by atoms with Gasteiger partial charge >= 0.3 is 0 Å². The van der Waals surface area contributed by atoms with Crippen LogP contribution in [0.2, 0.25) is 0 Å². The summed E-state index contributed by atoms with van der Waals surface area (Å²) in [4.78, 5) is 29.6. The first-order valence-electron chi connectivity index (χ1n) is 12.9. The molecule has 2 amide bonds. The molecule has 6 nitrogen and oxygen atoms in total. The molecule has 0 aliphatic carbocycles. The van der Waals surface area contributed by atoms with E-state index in [9.17, 15) is 9.59 Å². The Morgan fingerprint density at radius 1 is 0.806 bits per heavy atom. The highest BCUT2D eigenvalue weighted by molar-refractivity contribution is 6.48. The summed E-state index contributed by atoms with van der Waals surface area (Å²) in [5.41, 5.74) is 2.06. The number of alkyl halides is 2. The van der Waals surface area contributed by atoms with Crippen molar-refractivity contribution in [3.63, 3.8) is 0 Å². The molecule has 36 heavy (non-hydrogen) atoms. The molecule has 196 valence electrons. The quantitative estimate of drug-likeness (QED) is 0.315. The van der Waals surface area contributed by atoms with Crippen LogP contribution in [0.5, 0.6) is 0 Å². The van der Waals surface area contributed by atoms with Gasteiger partial charge in [0.1, 0.15) is 0 Å².